The summed E-state index contributed by atoms with van der Waals surface area (Å²) in [5, 5.41) is 3.57. The number of hydrogen-bond donors (Lipinski definition) is 3. The Bertz CT molecular complexity index is 532. The lowest BCUT2D eigenvalue weighted by Crippen LogP contribution is -2.28. The molecule has 1 heterocycles. The van der Waals surface area contributed by atoms with Gasteiger partial charge in [-0.2, -0.15) is 4.99 Å². The molecule has 0 saturated carbocycles. The van der Waals surface area contributed by atoms with E-state index in [1.807, 2.05) is 24.3 Å². The molecule has 0 aliphatic heterocycles. The number of para-hydroxylation sites is 1. The molecule has 0 aliphatic carbocycles. The van der Waals surface area contributed by atoms with Gasteiger partial charge in [0.2, 0.25) is 0 Å². The second kappa shape index (κ2) is 6.88. The van der Waals surface area contributed by atoms with E-state index in [1.165, 1.54) is 0 Å². The highest BCUT2D eigenvalue weighted by Crippen LogP contribution is 2.14. The van der Waals surface area contributed by atoms with Crippen LogP contribution >= 0.6 is 24.8 Å². The van der Waals surface area contributed by atoms with Gasteiger partial charge in [-0.1, -0.05) is 18.2 Å². The van der Waals surface area contributed by atoms with Gasteiger partial charge < -0.3 is 16.0 Å². The molecule has 0 aliphatic rings. The average molecular weight is 289 g/mol. The topological polar surface area (TPSA) is 83.3 Å². The number of hydrogen-bond acceptors (Lipinski definition) is 1. The van der Waals surface area contributed by atoms with Crippen LogP contribution in [0.25, 0.3) is 10.9 Å². The van der Waals surface area contributed by atoms with Gasteiger partial charge in [0.15, 0.2) is 5.96 Å². The molecule has 0 radical (unpaired) electrons. The van der Waals surface area contributed by atoms with Crippen molar-refractivity contribution >= 4 is 47.6 Å². The predicted octanol–water partition coefficient (Wildman–Crippen LogP) is 1.69. The molecule has 0 bridgehead atoms. The van der Waals surface area contributed by atoms with Gasteiger partial charge in [0.05, 0.1) is 0 Å². The second-order valence-electron chi connectivity index (χ2n) is 3.32. The molecule has 7 heteroatoms. The third-order valence-corrected chi connectivity index (χ3v) is 2.24. The lowest BCUT2D eigenvalue weighted by molar-refractivity contribution is 0.0998. The normalized spacial score (nSPS) is 10.4. The third-order valence-electron chi connectivity index (χ3n) is 2.24. The van der Waals surface area contributed by atoms with Crippen LogP contribution in [0, 0.1) is 0 Å². The van der Waals surface area contributed by atoms with Gasteiger partial charge in [0.25, 0.3) is 5.91 Å². The SMILES string of the molecule is CNC(N)=NC(=O)c1cc2ccccc2[nH]1.Cl.Cl. The molecule has 2 aromatic rings. The van der Waals surface area contributed by atoms with E-state index in [9.17, 15) is 4.79 Å². The van der Waals surface area contributed by atoms with Gasteiger partial charge in [-0.25, -0.2) is 0 Å². The van der Waals surface area contributed by atoms with Crippen LogP contribution in [0.2, 0.25) is 0 Å². The highest BCUT2D eigenvalue weighted by atomic mass is 35.5. The summed E-state index contributed by atoms with van der Waals surface area (Å²) in [6, 6.07) is 9.39. The monoisotopic (exact) mass is 288 g/mol. The second-order valence-corrected chi connectivity index (χ2v) is 3.32. The number of aliphatic imine (C=N–C) groups is 1. The Morgan fingerprint density at radius 1 is 1.33 bits per heavy atom. The van der Waals surface area contributed by atoms with Crippen molar-refractivity contribution < 1.29 is 4.79 Å². The van der Waals surface area contributed by atoms with Gasteiger partial charge in [-0.3, -0.25) is 4.79 Å². The number of nitrogens with zero attached hydrogens (tertiary/aromatic N) is 1. The summed E-state index contributed by atoms with van der Waals surface area (Å²) in [5.74, 6) is -0.285. The number of aromatic nitrogens is 1. The first-order valence-corrected chi connectivity index (χ1v) is 4.84. The lowest BCUT2D eigenvalue weighted by Gasteiger charge is -1.95. The fourth-order valence-electron chi connectivity index (χ4n) is 1.41. The number of nitrogens with one attached hydrogen (secondary N) is 2. The third kappa shape index (κ3) is 3.38. The van der Waals surface area contributed by atoms with Gasteiger partial charge in [0, 0.05) is 18.0 Å². The number of amides is 1. The van der Waals surface area contributed by atoms with E-state index in [-0.39, 0.29) is 36.7 Å². The molecular weight excluding hydrogens is 275 g/mol. The Hall–Kier alpha value is -1.72. The van der Waals surface area contributed by atoms with Crippen LogP contribution in [-0.4, -0.2) is 23.9 Å². The van der Waals surface area contributed by atoms with Crippen molar-refractivity contribution in [2.24, 2.45) is 10.7 Å². The smallest absolute Gasteiger partial charge is 0.296 e. The van der Waals surface area contributed by atoms with Crippen LogP contribution in [0.1, 0.15) is 10.5 Å². The number of aromatic amines is 1. The van der Waals surface area contributed by atoms with E-state index in [0.717, 1.165) is 10.9 Å². The Balaban J connectivity index is 0.00000144. The Kier molecular flexibility index (Phi) is 6.22. The van der Waals surface area contributed by atoms with E-state index in [2.05, 4.69) is 15.3 Å². The van der Waals surface area contributed by atoms with Gasteiger partial charge in [0.1, 0.15) is 5.69 Å². The number of halogens is 2. The van der Waals surface area contributed by atoms with Crippen LogP contribution in [0.5, 0.6) is 0 Å². The summed E-state index contributed by atoms with van der Waals surface area (Å²) in [5.41, 5.74) is 6.75. The number of fused-ring (bicyclic) bond motifs is 1. The maximum Gasteiger partial charge on any atom is 0.296 e. The van der Waals surface area contributed by atoms with E-state index in [1.54, 1.807) is 13.1 Å². The van der Waals surface area contributed by atoms with Crippen LogP contribution < -0.4 is 11.1 Å². The molecule has 5 nitrogen and oxygen atoms in total. The molecule has 98 valence electrons. The molecule has 0 atom stereocenters. The van der Waals surface area contributed by atoms with Gasteiger partial charge in [-0.05, 0) is 12.1 Å². The minimum atomic E-state index is -0.386. The first-order valence-electron chi connectivity index (χ1n) is 4.84. The highest BCUT2D eigenvalue weighted by Gasteiger charge is 2.08. The van der Waals surface area contributed by atoms with Crippen molar-refractivity contribution in [3.63, 3.8) is 0 Å². The van der Waals surface area contributed by atoms with Crippen molar-refractivity contribution in [3.05, 3.63) is 36.0 Å². The van der Waals surface area contributed by atoms with Crippen LogP contribution in [0.4, 0.5) is 0 Å². The van der Waals surface area contributed by atoms with Crippen molar-refractivity contribution in [1.82, 2.24) is 10.3 Å². The standard InChI is InChI=1S/C11H12N4O.2ClH/c1-13-11(12)15-10(16)9-6-7-4-2-3-5-8(7)14-9;;/h2-6,14H,1H3,(H3,12,13,15,16);2*1H. The Morgan fingerprint density at radius 2 is 2.00 bits per heavy atom. The van der Waals surface area contributed by atoms with Gasteiger partial charge >= 0.3 is 0 Å². The summed E-state index contributed by atoms with van der Waals surface area (Å²) >= 11 is 0. The fourth-order valence-corrected chi connectivity index (χ4v) is 1.41. The zero-order valence-electron chi connectivity index (χ0n) is 9.64. The fraction of sp³-hybridized carbons (Fsp3) is 0.0909. The number of H-pyrrole nitrogens is 1. The summed E-state index contributed by atoms with van der Waals surface area (Å²) in [6.45, 7) is 0. The van der Waals surface area contributed by atoms with Crippen molar-refractivity contribution in [3.8, 4) is 0 Å². The summed E-state index contributed by atoms with van der Waals surface area (Å²) in [7, 11) is 1.61. The quantitative estimate of drug-likeness (QED) is 0.552. The molecule has 1 aromatic heterocycles. The molecular formula is C11H14Cl2N4O. The molecule has 1 amide bonds. The zero-order valence-corrected chi connectivity index (χ0v) is 11.3. The number of carbonyl (C=O) groups excluding carboxylic acids is 1. The molecule has 1 aromatic carbocycles. The Labute approximate surface area is 117 Å². The van der Waals surface area contributed by atoms with E-state index >= 15 is 0 Å². The molecule has 4 N–H and O–H groups in total. The minimum absolute atomic E-state index is 0. The number of nitrogens with two attached hydrogens (primary N) is 1. The summed E-state index contributed by atoms with van der Waals surface area (Å²) in [6.07, 6.45) is 0. The largest absolute Gasteiger partial charge is 0.370 e. The lowest BCUT2D eigenvalue weighted by atomic mass is 10.2. The molecule has 0 saturated heterocycles. The number of rotatable bonds is 1. The predicted molar refractivity (Wildman–Crippen MR) is 77.8 cm³/mol. The maximum atomic E-state index is 11.6. The zero-order chi connectivity index (χ0) is 11.5. The highest BCUT2D eigenvalue weighted by molar-refractivity contribution is 6.03. The molecule has 18 heavy (non-hydrogen) atoms. The number of benzene rings is 1. The summed E-state index contributed by atoms with van der Waals surface area (Å²) in [4.78, 5) is 18.3. The average Bonchev–Trinajstić information content (AvgIpc) is 2.72. The Morgan fingerprint density at radius 3 is 2.61 bits per heavy atom. The van der Waals surface area contributed by atoms with E-state index < -0.39 is 0 Å². The van der Waals surface area contributed by atoms with Crippen molar-refractivity contribution in [2.75, 3.05) is 7.05 Å². The maximum absolute atomic E-state index is 11.6. The van der Waals surface area contributed by atoms with E-state index in [0.29, 0.717) is 5.69 Å². The first kappa shape index (κ1) is 16.3. The van der Waals surface area contributed by atoms with Crippen LogP contribution in [0.15, 0.2) is 35.3 Å². The van der Waals surface area contributed by atoms with Crippen molar-refractivity contribution in [1.29, 1.82) is 0 Å². The summed E-state index contributed by atoms with van der Waals surface area (Å²) < 4.78 is 0. The van der Waals surface area contributed by atoms with Gasteiger partial charge in [-0.15, -0.1) is 24.8 Å². The minimum Gasteiger partial charge on any atom is -0.370 e. The van der Waals surface area contributed by atoms with Crippen molar-refractivity contribution in [2.45, 2.75) is 0 Å². The van der Waals surface area contributed by atoms with Crippen LogP contribution in [0.3, 0.4) is 0 Å². The molecule has 0 unspecified atom stereocenters. The number of carbonyl (C=O) groups is 1. The molecule has 0 fully saturated rings. The molecule has 0 spiro atoms. The first-order chi connectivity index (χ1) is 7.70. The number of guanidine groups is 1. The van der Waals surface area contributed by atoms with Crippen LogP contribution in [-0.2, 0) is 0 Å². The van der Waals surface area contributed by atoms with E-state index in [4.69, 9.17) is 5.73 Å². The molecule has 2 rings (SSSR count).